The van der Waals surface area contributed by atoms with Crippen molar-refractivity contribution < 1.29 is 9.53 Å². The molecular weight excluding hydrogens is 354 g/mol. The van der Waals surface area contributed by atoms with Gasteiger partial charge in [-0.2, -0.15) is 5.10 Å². The van der Waals surface area contributed by atoms with Crippen LogP contribution in [0.15, 0.2) is 54.6 Å². The van der Waals surface area contributed by atoms with Crippen molar-refractivity contribution in [2.45, 2.75) is 18.9 Å². The van der Waals surface area contributed by atoms with E-state index in [1.807, 2.05) is 54.6 Å². The van der Waals surface area contributed by atoms with Crippen LogP contribution >= 0.6 is 0 Å². The van der Waals surface area contributed by atoms with Crippen LogP contribution in [0.4, 0.5) is 5.82 Å². The summed E-state index contributed by atoms with van der Waals surface area (Å²) in [5, 5.41) is 7.98. The first-order chi connectivity index (χ1) is 13.6. The van der Waals surface area contributed by atoms with E-state index in [-0.39, 0.29) is 11.6 Å². The second kappa shape index (κ2) is 7.74. The number of anilines is 1. The lowest BCUT2D eigenvalue weighted by molar-refractivity contribution is 0.100. The number of carbonyl (C=O) groups is 1. The molecule has 2 aromatic carbocycles. The van der Waals surface area contributed by atoms with Crippen molar-refractivity contribution in [2.75, 3.05) is 18.8 Å². The molecule has 7 nitrogen and oxygen atoms in total. The second-order valence-electron chi connectivity index (χ2n) is 6.84. The summed E-state index contributed by atoms with van der Waals surface area (Å²) in [5.41, 5.74) is 13.4. The van der Waals surface area contributed by atoms with Gasteiger partial charge >= 0.3 is 0 Å². The van der Waals surface area contributed by atoms with Crippen LogP contribution in [-0.2, 0) is 0 Å². The number of primary amides is 1. The summed E-state index contributed by atoms with van der Waals surface area (Å²) < 4.78 is 7.58. The molecule has 144 valence electrons. The van der Waals surface area contributed by atoms with E-state index in [0.29, 0.717) is 17.3 Å². The Morgan fingerprint density at radius 3 is 2.32 bits per heavy atom. The molecule has 1 aliphatic heterocycles. The van der Waals surface area contributed by atoms with Crippen LogP contribution in [-0.4, -0.2) is 28.8 Å². The monoisotopic (exact) mass is 377 g/mol. The maximum absolute atomic E-state index is 12.1. The van der Waals surface area contributed by atoms with E-state index in [4.69, 9.17) is 16.2 Å². The molecule has 0 unspecified atom stereocenters. The highest BCUT2D eigenvalue weighted by atomic mass is 16.5. The molecule has 0 saturated carbocycles. The van der Waals surface area contributed by atoms with Gasteiger partial charge in [-0.25, -0.2) is 4.68 Å². The Morgan fingerprint density at radius 1 is 1.04 bits per heavy atom. The fraction of sp³-hybridized carbons (Fsp3) is 0.238. The number of hydrogen-bond acceptors (Lipinski definition) is 5. The molecule has 3 aromatic rings. The van der Waals surface area contributed by atoms with Gasteiger partial charge < -0.3 is 21.5 Å². The average Bonchev–Trinajstić information content (AvgIpc) is 3.07. The molecule has 1 aliphatic rings. The van der Waals surface area contributed by atoms with E-state index in [2.05, 4.69) is 10.4 Å². The second-order valence-corrected chi connectivity index (χ2v) is 6.84. The number of aromatic nitrogens is 2. The van der Waals surface area contributed by atoms with Crippen LogP contribution in [0.25, 0.3) is 11.3 Å². The predicted octanol–water partition coefficient (Wildman–Crippen LogP) is 2.95. The lowest BCUT2D eigenvalue weighted by Crippen LogP contribution is -2.30. The molecule has 1 fully saturated rings. The summed E-state index contributed by atoms with van der Waals surface area (Å²) in [7, 11) is 0. The number of para-hydroxylation sites is 1. The van der Waals surface area contributed by atoms with Gasteiger partial charge in [-0.3, -0.25) is 4.79 Å². The Morgan fingerprint density at radius 2 is 1.68 bits per heavy atom. The molecule has 0 bridgehead atoms. The maximum Gasteiger partial charge on any atom is 0.254 e. The van der Waals surface area contributed by atoms with Crippen LogP contribution in [0.3, 0.4) is 0 Å². The van der Waals surface area contributed by atoms with Crippen LogP contribution in [0.5, 0.6) is 11.5 Å². The summed E-state index contributed by atoms with van der Waals surface area (Å²) >= 11 is 0. The molecule has 2 heterocycles. The zero-order valence-electron chi connectivity index (χ0n) is 15.5. The molecule has 28 heavy (non-hydrogen) atoms. The number of amides is 1. The van der Waals surface area contributed by atoms with E-state index < -0.39 is 5.91 Å². The van der Waals surface area contributed by atoms with Crippen molar-refractivity contribution >= 4 is 11.7 Å². The topological polar surface area (TPSA) is 108 Å². The number of rotatable bonds is 5. The smallest absolute Gasteiger partial charge is 0.254 e. The number of benzene rings is 2. The van der Waals surface area contributed by atoms with Gasteiger partial charge in [-0.15, -0.1) is 0 Å². The standard InChI is InChI=1S/C21H23N5O2/c22-20-18(21(23)27)19(25-26(20)15-10-12-24-13-11-15)14-6-8-17(9-7-14)28-16-4-2-1-3-5-16/h1-9,15,24H,10-13,22H2,(H2,23,27). The first-order valence-corrected chi connectivity index (χ1v) is 9.35. The lowest BCUT2D eigenvalue weighted by Gasteiger charge is -2.23. The van der Waals surface area contributed by atoms with Gasteiger partial charge in [0.25, 0.3) is 5.91 Å². The molecule has 5 N–H and O–H groups in total. The van der Waals surface area contributed by atoms with Gasteiger partial charge in [-0.05, 0) is 62.3 Å². The molecule has 0 radical (unpaired) electrons. The number of nitrogens with one attached hydrogen (secondary N) is 1. The van der Waals surface area contributed by atoms with Gasteiger partial charge in [-0.1, -0.05) is 18.2 Å². The first kappa shape index (κ1) is 18.1. The fourth-order valence-corrected chi connectivity index (χ4v) is 3.53. The molecule has 1 amide bonds. The van der Waals surface area contributed by atoms with Gasteiger partial charge in [0, 0.05) is 5.56 Å². The zero-order chi connectivity index (χ0) is 19.5. The van der Waals surface area contributed by atoms with Gasteiger partial charge in [0.2, 0.25) is 0 Å². The summed E-state index contributed by atoms with van der Waals surface area (Å²) in [5.74, 6) is 1.21. The van der Waals surface area contributed by atoms with E-state index in [1.165, 1.54) is 0 Å². The first-order valence-electron chi connectivity index (χ1n) is 9.35. The highest BCUT2D eigenvalue weighted by Crippen LogP contribution is 2.32. The third kappa shape index (κ3) is 3.57. The average molecular weight is 377 g/mol. The molecule has 1 saturated heterocycles. The minimum absolute atomic E-state index is 0.161. The Kier molecular flexibility index (Phi) is 4.99. The fourth-order valence-electron chi connectivity index (χ4n) is 3.53. The van der Waals surface area contributed by atoms with Crippen molar-refractivity contribution in [3.05, 3.63) is 60.2 Å². The van der Waals surface area contributed by atoms with E-state index >= 15 is 0 Å². The minimum Gasteiger partial charge on any atom is -0.457 e. The van der Waals surface area contributed by atoms with Gasteiger partial charge in [0.1, 0.15) is 28.6 Å². The molecule has 0 aliphatic carbocycles. The summed E-state index contributed by atoms with van der Waals surface area (Å²) in [6.07, 6.45) is 1.82. The third-order valence-electron chi connectivity index (χ3n) is 4.96. The van der Waals surface area contributed by atoms with Crippen molar-refractivity contribution in [3.8, 4) is 22.8 Å². The van der Waals surface area contributed by atoms with E-state index in [1.54, 1.807) is 4.68 Å². The summed E-state index contributed by atoms with van der Waals surface area (Å²) in [6.45, 7) is 1.80. The molecule has 0 atom stereocenters. The highest BCUT2D eigenvalue weighted by Gasteiger charge is 2.26. The van der Waals surface area contributed by atoms with Gasteiger partial charge in [0.05, 0.1) is 6.04 Å². The highest BCUT2D eigenvalue weighted by molar-refractivity contribution is 6.03. The van der Waals surface area contributed by atoms with Crippen LogP contribution in [0, 0.1) is 0 Å². The molecule has 7 heteroatoms. The molecular formula is C21H23N5O2. The lowest BCUT2D eigenvalue weighted by atomic mass is 10.1. The number of nitrogens with two attached hydrogens (primary N) is 2. The number of hydrogen-bond donors (Lipinski definition) is 3. The third-order valence-corrected chi connectivity index (χ3v) is 4.96. The van der Waals surface area contributed by atoms with Crippen molar-refractivity contribution in [1.82, 2.24) is 15.1 Å². The summed E-state index contributed by atoms with van der Waals surface area (Å²) in [6, 6.07) is 17.1. The Balaban J connectivity index is 1.65. The van der Waals surface area contributed by atoms with Gasteiger partial charge in [0.15, 0.2) is 0 Å². The normalized spacial score (nSPS) is 14.7. The number of nitrogen functional groups attached to an aromatic ring is 1. The largest absolute Gasteiger partial charge is 0.457 e. The number of piperidine rings is 1. The van der Waals surface area contributed by atoms with E-state index in [0.717, 1.165) is 37.2 Å². The zero-order valence-corrected chi connectivity index (χ0v) is 15.5. The van der Waals surface area contributed by atoms with Crippen molar-refractivity contribution in [2.24, 2.45) is 5.73 Å². The number of nitrogens with zero attached hydrogens (tertiary/aromatic N) is 2. The summed E-state index contributed by atoms with van der Waals surface area (Å²) in [4.78, 5) is 12.1. The van der Waals surface area contributed by atoms with Crippen molar-refractivity contribution in [1.29, 1.82) is 0 Å². The molecule has 0 spiro atoms. The number of ether oxygens (including phenoxy) is 1. The Bertz CT molecular complexity index is 960. The maximum atomic E-state index is 12.1. The SMILES string of the molecule is NC(=O)c1c(-c2ccc(Oc3ccccc3)cc2)nn(C2CCNCC2)c1N. The minimum atomic E-state index is -0.572. The number of carbonyl (C=O) groups excluding carboxylic acids is 1. The quantitative estimate of drug-likeness (QED) is 0.633. The van der Waals surface area contributed by atoms with Crippen molar-refractivity contribution in [3.63, 3.8) is 0 Å². The molecule has 1 aromatic heterocycles. The Hall–Kier alpha value is -3.32. The van der Waals surface area contributed by atoms with Crippen LogP contribution in [0.2, 0.25) is 0 Å². The predicted molar refractivity (Wildman–Crippen MR) is 108 cm³/mol. The van der Waals surface area contributed by atoms with E-state index in [9.17, 15) is 4.79 Å². The Labute approximate surface area is 163 Å². The molecule has 4 rings (SSSR count). The van der Waals surface area contributed by atoms with Crippen LogP contribution < -0.4 is 21.5 Å². The van der Waals surface area contributed by atoms with Crippen LogP contribution in [0.1, 0.15) is 29.2 Å².